The maximum absolute atomic E-state index is 12.7. The first-order valence-corrected chi connectivity index (χ1v) is 10.0. The number of aromatic nitrogens is 3. The van der Waals surface area contributed by atoms with Gasteiger partial charge in [-0.3, -0.25) is 9.59 Å². The molecule has 0 aliphatic heterocycles. The number of thiazole rings is 1. The summed E-state index contributed by atoms with van der Waals surface area (Å²) < 4.78 is 0. The summed E-state index contributed by atoms with van der Waals surface area (Å²) in [6.45, 7) is 3.87. The zero-order chi connectivity index (χ0) is 19.4. The van der Waals surface area contributed by atoms with Crippen molar-refractivity contribution in [1.82, 2.24) is 15.0 Å². The maximum atomic E-state index is 12.7. The molecule has 1 amide bonds. The third-order valence-electron chi connectivity index (χ3n) is 3.73. The number of H-pyrrole nitrogens is 1. The van der Waals surface area contributed by atoms with Crippen molar-refractivity contribution < 1.29 is 4.79 Å². The number of hydrogen-bond donors (Lipinski definition) is 3. The van der Waals surface area contributed by atoms with Crippen LogP contribution in [0.2, 0.25) is 0 Å². The molecule has 140 valence electrons. The average Bonchev–Trinajstić information content (AvgIpc) is 2.99. The Morgan fingerprint density at radius 1 is 1.33 bits per heavy atom. The monoisotopic (exact) mass is 401 g/mol. The highest BCUT2D eigenvalue weighted by atomic mass is 32.2. The van der Waals surface area contributed by atoms with Gasteiger partial charge in [0.25, 0.3) is 5.56 Å². The minimum absolute atomic E-state index is 0.125. The molecule has 4 N–H and O–H groups in total. The van der Waals surface area contributed by atoms with Gasteiger partial charge in [-0.1, -0.05) is 49.0 Å². The lowest BCUT2D eigenvalue weighted by molar-refractivity contribution is -0.115. The van der Waals surface area contributed by atoms with Crippen molar-refractivity contribution in [1.29, 1.82) is 0 Å². The van der Waals surface area contributed by atoms with Gasteiger partial charge >= 0.3 is 0 Å². The highest BCUT2D eigenvalue weighted by Crippen LogP contribution is 2.31. The summed E-state index contributed by atoms with van der Waals surface area (Å²) in [5.74, 6) is -0.0690. The van der Waals surface area contributed by atoms with E-state index in [2.05, 4.69) is 20.3 Å². The van der Waals surface area contributed by atoms with E-state index in [1.165, 1.54) is 29.2 Å². The van der Waals surface area contributed by atoms with Crippen LogP contribution >= 0.6 is 23.1 Å². The van der Waals surface area contributed by atoms with Crippen molar-refractivity contribution in [3.05, 3.63) is 51.6 Å². The molecule has 0 saturated heterocycles. The fraction of sp³-hybridized carbons (Fsp3) is 0.222. The zero-order valence-electron chi connectivity index (χ0n) is 14.9. The Labute approximate surface area is 164 Å². The van der Waals surface area contributed by atoms with E-state index in [9.17, 15) is 9.59 Å². The number of aromatic amines is 1. The summed E-state index contributed by atoms with van der Waals surface area (Å²) in [5, 5.41) is 3.31. The third kappa shape index (κ3) is 4.75. The minimum atomic E-state index is -0.431. The zero-order valence-corrected chi connectivity index (χ0v) is 16.5. The second-order valence-electron chi connectivity index (χ2n) is 5.77. The number of nitrogens with two attached hydrogens (primary N) is 1. The van der Waals surface area contributed by atoms with Gasteiger partial charge in [-0.2, -0.15) is 0 Å². The molecule has 0 saturated carbocycles. The first kappa shape index (κ1) is 19.1. The quantitative estimate of drug-likeness (QED) is 0.431. The average molecular weight is 402 g/mol. The molecule has 3 aromatic rings. The summed E-state index contributed by atoms with van der Waals surface area (Å²) in [5.41, 5.74) is 7.12. The first-order chi connectivity index (χ1) is 13.0. The van der Waals surface area contributed by atoms with Gasteiger partial charge in [0.05, 0.1) is 10.9 Å². The molecule has 27 heavy (non-hydrogen) atoms. The van der Waals surface area contributed by atoms with Crippen LogP contribution in [-0.2, 0) is 4.79 Å². The molecule has 0 bridgehead atoms. The number of carbonyl (C=O) groups is 1. The molecular formula is C18H19N5O2S2. The topological polar surface area (TPSA) is 114 Å². The number of nitrogens with zero attached hydrogens (tertiary/aromatic N) is 2. The molecule has 2 heterocycles. The predicted octanol–water partition coefficient (Wildman–Crippen LogP) is 3.29. The van der Waals surface area contributed by atoms with Crippen LogP contribution in [0.15, 0.2) is 46.3 Å². The van der Waals surface area contributed by atoms with E-state index in [0.717, 1.165) is 16.1 Å². The van der Waals surface area contributed by atoms with Gasteiger partial charge in [0.1, 0.15) is 5.82 Å². The Bertz CT molecular complexity index is 1000. The Morgan fingerprint density at radius 3 is 2.74 bits per heavy atom. The molecule has 1 atom stereocenters. The fourth-order valence-electron chi connectivity index (χ4n) is 2.47. The molecule has 0 spiro atoms. The number of carbonyl (C=O) groups excluding carboxylic acids is 1. The molecular weight excluding hydrogens is 382 g/mol. The van der Waals surface area contributed by atoms with Gasteiger partial charge in [0, 0.05) is 16.5 Å². The van der Waals surface area contributed by atoms with Gasteiger partial charge in [-0.05, 0) is 13.3 Å². The molecule has 3 rings (SSSR count). The molecule has 0 aliphatic carbocycles. The summed E-state index contributed by atoms with van der Waals surface area (Å²) >= 11 is 2.60. The number of hydrogen-bond acceptors (Lipinski definition) is 7. The van der Waals surface area contributed by atoms with Crippen LogP contribution in [0.4, 0.5) is 10.9 Å². The Morgan fingerprint density at radius 2 is 2.07 bits per heavy atom. The molecule has 2 aromatic heterocycles. The number of aryl methyl sites for hydroxylation is 1. The van der Waals surface area contributed by atoms with E-state index in [0.29, 0.717) is 16.7 Å². The molecule has 1 aromatic carbocycles. The number of rotatable bonds is 6. The summed E-state index contributed by atoms with van der Waals surface area (Å²) in [4.78, 5) is 36.4. The van der Waals surface area contributed by atoms with Crippen LogP contribution in [0.25, 0.3) is 11.3 Å². The van der Waals surface area contributed by atoms with E-state index in [4.69, 9.17) is 5.73 Å². The van der Waals surface area contributed by atoms with Crippen molar-refractivity contribution >= 4 is 40.0 Å². The standard InChI is InChI=1S/C18H19N5O2S2/c1-3-12(27-17-20-13(19)9-14(24)21-17)16(25)23-18-22-15(10(2)26-18)11-7-5-4-6-8-11/h4-9,12H,3H2,1-2H3,(H,22,23,25)(H3,19,20,21,24)/t12-/m0/s1. The third-order valence-corrected chi connectivity index (χ3v) is 5.87. The highest BCUT2D eigenvalue weighted by Gasteiger charge is 2.21. The normalized spacial score (nSPS) is 11.9. The van der Waals surface area contributed by atoms with Crippen LogP contribution in [0.1, 0.15) is 18.2 Å². The van der Waals surface area contributed by atoms with Crippen molar-refractivity contribution in [2.75, 3.05) is 11.1 Å². The van der Waals surface area contributed by atoms with E-state index in [-0.39, 0.29) is 17.3 Å². The molecule has 0 radical (unpaired) electrons. The first-order valence-electron chi connectivity index (χ1n) is 8.33. The minimum Gasteiger partial charge on any atom is -0.383 e. The Hall–Kier alpha value is -2.65. The van der Waals surface area contributed by atoms with Gasteiger partial charge in [0.2, 0.25) is 5.91 Å². The fourth-order valence-corrected chi connectivity index (χ4v) is 4.22. The van der Waals surface area contributed by atoms with Crippen molar-refractivity contribution in [3.8, 4) is 11.3 Å². The largest absolute Gasteiger partial charge is 0.383 e. The number of nitrogen functional groups attached to an aromatic ring is 1. The van der Waals surface area contributed by atoms with Crippen LogP contribution in [-0.4, -0.2) is 26.1 Å². The number of amides is 1. The number of benzene rings is 1. The van der Waals surface area contributed by atoms with Crippen LogP contribution in [0.3, 0.4) is 0 Å². The van der Waals surface area contributed by atoms with Crippen molar-refractivity contribution in [2.24, 2.45) is 0 Å². The lowest BCUT2D eigenvalue weighted by Gasteiger charge is -2.12. The molecule has 0 fully saturated rings. The second-order valence-corrected chi connectivity index (χ2v) is 8.16. The number of thioether (sulfide) groups is 1. The lowest BCUT2D eigenvalue weighted by atomic mass is 10.1. The van der Waals surface area contributed by atoms with Crippen molar-refractivity contribution in [3.63, 3.8) is 0 Å². The Kier molecular flexibility index (Phi) is 5.92. The van der Waals surface area contributed by atoms with E-state index >= 15 is 0 Å². The molecule has 9 heteroatoms. The van der Waals surface area contributed by atoms with Gasteiger partial charge < -0.3 is 16.0 Å². The Balaban J connectivity index is 1.74. The van der Waals surface area contributed by atoms with E-state index in [1.54, 1.807) is 0 Å². The second kappa shape index (κ2) is 8.36. The SMILES string of the molecule is CC[C@H](Sc1nc(N)cc(=O)[nH]1)C(=O)Nc1nc(-c2ccccc2)c(C)s1. The van der Waals surface area contributed by atoms with E-state index < -0.39 is 5.25 Å². The van der Waals surface area contributed by atoms with Gasteiger partial charge in [-0.15, -0.1) is 11.3 Å². The molecule has 7 nitrogen and oxygen atoms in total. The highest BCUT2D eigenvalue weighted by molar-refractivity contribution is 8.00. The summed E-state index contributed by atoms with van der Waals surface area (Å²) in [6, 6.07) is 11.0. The molecule has 0 unspecified atom stereocenters. The molecule has 0 aliphatic rings. The summed E-state index contributed by atoms with van der Waals surface area (Å²) in [6.07, 6.45) is 0.560. The number of anilines is 2. The van der Waals surface area contributed by atoms with Gasteiger partial charge in [-0.25, -0.2) is 9.97 Å². The summed E-state index contributed by atoms with van der Waals surface area (Å²) in [7, 11) is 0. The van der Waals surface area contributed by atoms with Crippen LogP contribution < -0.4 is 16.6 Å². The van der Waals surface area contributed by atoms with Crippen molar-refractivity contribution in [2.45, 2.75) is 30.7 Å². The van der Waals surface area contributed by atoms with E-state index in [1.807, 2.05) is 44.2 Å². The van der Waals surface area contributed by atoms with Crippen LogP contribution in [0.5, 0.6) is 0 Å². The van der Waals surface area contributed by atoms with Crippen LogP contribution in [0, 0.1) is 6.92 Å². The predicted molar refractivity (Wildman–Crippen MR) is 110 cm³/mol. The lowest BCUT2D eigenvalue weighted by Crippen LogP contribution is -2.25. The maximum Gasteiger partial charge on any atom is 0.253 e. The number of nitrogens with one attached hydrogen (secondary N) is 2. The van der Waals surface area contributed by atoms with Gasteiger partial charge in [0.15, 0.2) is 10.3 Å². The smallest absolute Gasteiger partial charge is 0.253 e.